The summed E-state index contributed by atoms with van der Waals surface area (Å²) >= 11 is 3.74. The fraction of sp³-hybridized carbons (Fsp3) is 0.600. The highest BCUT2D eigenvalue weighted by Crippen LogP contribution is 2.31. The Morgan fingerprint density at radius 1 is 1.35 bits per heavy atom. The maximum atomic E-state index is 11.6. The fourth-order valence-corrected chi connectivity index (χ4v) is 4.29. The number of alkyl halides is 1. The molecule has 1 aromatic rings. The van der Waals surface area contributed by atoms with Crippen LogP contribution in [-0.4, -0.2) is 32.1 Å². The van der Waals surface area contributed by atoms with Gasteiger partial charge >= 0.3 is 0 Å². The monoisotopic (exact) mass is 359 g/mol. The number of piperidine rings is 1. The van der Waals surface area contributed by atoms with E-state index < -0.39 is 10.0 Å². The van der Waals surface area contributed by atoms with E-state index in [9.17, 15) is 8.42 Å². The molecule has 1 fully saturated rings. The molecule has 1 saturated heterocycles. The first-order valence-corrected chi connectivity index (χ1v) is 9.87. The lowest BCUT2D eigenvalue weighted by Crippen LogP contribution is -2.39. The van der Waals surface area contributed by atoms with Crippen molar-refractivity contribution in [2.24, 2.45) is 5.92 Å². The second-order valence-electron chi connectivity index (χ2n) is 5.58. The molecule has 0 radical (unpaired) electrons. The maximum Gasteiger partial charge on any atom is 0.211 e. The first-order chi connectivity index (χ1) is 9.47. The van der Waals surface area contributed by atoms with Gasteiger partial charge in [0.05, 0.1) is 6.26 Å². The van der Waals surface area contributed by atoms with E-state index in [4.69, 9.17) is 0 Å². The number of rotatable bonds is 5. The van der Waals surface area contributed by atoms with E-state index in [1.807, 2.05) is 6.07 Å². The van der Waals surface area contributed by atoms with Crippen LogP contribution in [0.15, 0.2) is 30.3 Å². The van der Waals surface area contributed by atoms with Crippen molar-refractivity contribution in [1.82, 2.24) is 4.31 Å². The molecule has 0 aromatic heterocycles. The van der Waals surface area contributed by atoms with E-state index in [0.717, 1.165) is 25.7 Å². The summed E-state index contributed by atoms with van der Waals surface area (Å²) in [4.78, 5) is 0.359. The molecule has 3 nitrogen and oxygen atoms in total. The van der Waals surface area contributed by atoms with Crippen molar-refractivity contribution >= 4 is 26.0 Å². The lowest BCUT2D eigenvalue weighted by Gasteiger charge is -2.31. The summed E-state index contributed by atoms with van der Waals surface area (Å²) in [5.74, 6) is 0.488. The largest absolute Gasteiger partial charge is 0.213 e. The molecule has 1 heterocycles. The molecule has 0 aliphatic carbocycles. The smallest absolute Gasteiger partial charge is 0.211 e. The van der Waals surface area contributed by atoms with E-state index in [0.29, 0.717) is 23.8 Å². The van der Waals surface area contributed by atoms with Crippen molar-refractivity contribution in [2.45, 2.75) is 30.5 Å². The molecular formula is C15H22BrNO2S. The van der Waals surface area contributed by atoms with Gasteiger partial charge in [0.2, 0.25) is 10.0 Å². The number of halogens is 1. The quantitative estimate of drug-likeness (QED) is 0.753. The van der Waals surface area contributed by atoms with Crippen LogP contribution in [0, 0.1) is 5.92 Å². The molecule has 2 unspecified atom stereocenters. The summed E-state index contributed by atoms with van der Waals surface area (Å²) < 4.78 is 24.8. The van der Waals surface area contributed by atoms with Gasteiger partial charge in [-0.2, -0.15) is 0 Å². The Morgan fingerprint density at radius 3 is 2.70 bits per heavy atom. The SMILES string of the molecule is CS(=O)(=O)N1CCCC(CCC(Br)c2ccccc2)C1. The summed E-state index contributed by atoms with van der Waals surface area (Å²) in [6.45, 7) is 1.37. The van der Waals surface area contributed by atoms with Gasteiger partial charge in [0.15, 0.2) is 0 Å². The van der Waals surface area contributed by atoms with Gasteiger partial charge in [-0.25, -0.2) is 12.7 Å². The van der Waals surface area contributed by atoms with E-state index in [2.05, 4.69) is 40.2 Å². The van der Waals surface area contributed by atoms with Crippen LogP contribution in [-0.2, 0) is 10.0 Å². The zero-order valence-electron chi connectivity index (χ0n) is 11.8. The molecule has 1 aliphatic heterocycles. The number of nitrogens with zero attached hydrogens (tertiary/aromatic N) is 1. The van der Waals surface area contributed by atoms with Crippen LogP contribution < -0.4 is 0 Å². The van der Waals surface area contributed by atoms with Crippen molar-refractivity contribution in [3.8, 4) is 0 Å². The average molecular weight is 360 g/mol. The Balaban J connectivity index is 1.85. The van der Waals surface area contributed by atoms with Crippen LogP contribution in [0.5, 0.6) is 0 Å². The third kappa shape index (κ3) is 4.57. The fourth-order valence-electron chi connectivity index (χ4n) is 2.77. The Bertz CT molecular complexity index is 518. The molecular weight excluding hydrogens is 338 g/mol. The Kier molecular flexibility index (Phi) is 5.64. The van der Waals surface area contributed by atoms with Crippen LogP contribution in [0.3, 0.4) is 0 Å². The van der Waals surface area contributed by atoms with Gasteiger partial charge in [-0.15, -0.1) is 0 Å². The number of sulfonamides is 1. The summed E-state index contributed by atoms with van der Waals surface area (Å²) in [6, 6.07) is 10.4. The Hall–Kier alpha value is -0.390. The predicted molar refractivity (Wildman–Crippen MR) is 86.5 cm³/mol. The Labute approximate surface area is 130 Å². The minimum absolute atomic E-state index is 0.359. The minimum Gasteiger partial charge on any atom is -0.213 e. The standard InChI is InChI=1S/C15H22BrNO2S/c1-20(18,19)17-11-5-6-13(12-17)9-10-15(16)14-7-3-2-4-8-14/h2-4,7-8,13,15H,5-6,9-12H2,1H3. The topological polar surface area (TPSA) is 37.4 Å². The molecule has 0 spiro atoms. The maximum absolute atomic E-state index is 11.6. The lowest BCUT2D eigenvalue weighted by molar-refractivity contribution is 0.254. The van der Waals surface area contributed by atoms with E-state index in [1.54, 1.807) is 4.31 Å². The number of hydrogen-bond donors (Lipinski definition) is 0. The van der Waals surface area contributed by atoms with Gasteiger partial charge in [-0.3, -0.25) is 0 Å². The van der Waals surface area contributed by atoms with Crippen LogP contribution in [0.2, 0.25) is 0 Å². The summed E-state index contributed by atoms with van der Waals surface area (Å²) in [6.07, 6.45) is 5.55. The number of benzene rings is 1. The second kappa shape index (κ2) is 7.05. The molecule has 0 amide bonds. The molecule has 5 heteroatoms. The van der Waals surface area contributed by atoms with Crippen LogP contribution in [0.25, 0.3) is 0 Å². The van der Waals surface area contributed by atoms with Crippen LogP contribution in [0.4, 0.5) is 0 Å². The first kappa shape index (κ1) is 16.0. The van der Waals surface area contributed by atoms with Crippen LogP contribution >= 0.6 is 15.9 Å². The zero-order chi connectivity index (χ0) is 14.6. The summed E-state index contributed by atoms with van der Waals surface area (Å²) in [7, 11) is -3.03. The number of hydrogen-bond acceptors (Lipinski definition) is 2. The van der Waals surface area contributed by atoms with Crippen molar-refractivity contribution in [2.75, 3.05) is 19.3 Å². The van der Waals surface area contributed by atoms with Crippen LogP contribution in [0.1, 0.15) is 36.1 Å². The summed E-state index contributed by atoms with van der Waals surface area (Å²) in [5.41, 5.74) is 1.29. The second-order valence-corrected chi connectivity index (χ2v) is 8.67. The molecule has 2 rings (SSSR count). The highest BCUT2D eigenvalue weighted by atomic mass is 79.9. The first-order valence-electron chi connectivity index (χ1n) is 7.11. The van der Waals surface area contributed by atoms with Gasteiger partial charge in [-0.05, 0) is 37.2 Å². The normalized spacial score (nSPS) is 22.6. The molecule has 20 heavy (non-hydrogen) atoms. The van der Waals surface area contributed by atoms with Crippen molar-refractivity contribution in [3.05, 3.63) is 35.9 Å². The van der Waals surface area contributed by atoms with Gasteiger partial charge < -0.3 is 0 Å². The lowest BCUT2D eigenvalue weighted by atomic mass is 9.93. The van der Waals surface area contributed by atoms with Gasteiger partial charge in [0.25, 0.3) is 0 Å². The van der Waals surface area contributed by atoms with Crippen molar-refractivity contribution < 1.29 is 8.42 Å². The molecule has 1 aliphatic rings. The highest BCUT2D eigenvalue weighted by Gasteiger charge is 2.26. The molecule has 0 bridgehead atoms. The Morgan fingerprint density at radius 2 is 2.05 bits per heavy atom. The molecule has 0 saturated carbocycles. The van der Waals surface area contributed by atoms with E-state index in [-0.39, 0.29) is 0 Å². The predicted octanol–water partition coefficient (Wildman–Crippen LogP) is 3.57. The third-order valence-electron chi connectivity index (χ3n) is 3.94. The van der Waals surface area contributed by atoms with Crippen molar-refractivity contribution in [3.63, 3.8) is 0 Å². The van der Waals surface area contributed by atoms with E-state index >= 15 is 0 Å². The average Bonchev–Trinajstić information content (AvgIpc) is 2.45. The molecule has 1 aromatic carbocycles. The van der Waals surface area contributed by atoms with Gasteiger partial charge in [0, 0.05) is 17.9 Å². The zero-order valence-corrected chi connectivity index (χ0v) is 14.2. The molecule has 112 valence electrons. The van der Waals surface area contributed by atoms with E-state index in [1.165, 1.54) is 11.8 Å². The highest BCUT2D eigenvalue weighted by molar-refractivity contribution is 9.09. The third-order valence-corrected chi connectivity index (χ3v) is 6.20. The molecule has 0 N–H and O–H groups in total. The van der Waals surface area contributed by atoms with Gasteiger partial charge in [-0.1, -0.05) is 46.3 Å². The minimum atomic E-state index is -3.03. The molecule has 2 atom stereocenters. The van der Waals surface area contributed by atoms with Gasteiger partial charge in [0.1, 0.15) is 0 Å². The van der Waals surface area contributed by atoms with Crippen molar-refractivity contribution in [1.29, 1.82) is 0 Å². The summed E-state index contributed by atoms with van der Waals surface area (Å²) in [5, 5.41) is 0.